The number of nitrogens with two attached hydrogens (primary N) is 1. The van der Waals surface area contributed by atoms with Crippen LogP contribution >= 0.6 is 11.6 Å². The van der Waals surface area contributed by atoms with Gasteiger partial charge in [0, 0.05) is 33.7 Å². The quantitative estimate of drug-likeness (QED) is 0.247. The minimum absolute atomic E-state index is 0.0257. The molecule has 0 unspecified atom stereocenters. The van der Waals surface area contributed by atoms with Crippen molar-refractivity contribution < 1.29 is 22.7 Å². The molecule has 44 heavy (non-hydrogen) atoms. The number of hydrogen-bond acceptors (Lipinski definition) is 11. The Morgan fingerprint density at radius 1 is 1.11 bits per heavy atom. The van der Waals surface area contributed by atoms with Gasteiger partial charge in [-0.15, -0.1) is 0 Å². The van der Waals surface area contributed by atoms with Crippen LogP contribution in [0.3, 0.4) is 0 Å². The summed E-state index contributed by atoms with van der Waals surface area (Å²) in [6, 6.07) is 9.96. The summed E-state index contributed by atoms with van der Waals surface area (Å²) < 4.78 is 38.0. The molecule has 4 N–H and O–H groups in total. The van der Waals surface area contributed by atoms with E-state index >= 15 is 0 Å². The second kappa shape index (κ2) is 14.5. The normalized spacial score (nSPS) is 14.6. The van der Waals surface area contributed by atoms with Gasteiger partial charge in [0.25, 0.3) is 0 Å². The first-order chi connectivity index (χ1) is 20.9. The SMILES string of the molecule is COc1cc2c(cc1Nc1ncc(Cl)c(Nc3ccccc3S(=O)(=O)N(C)C)n1)CCN(CCOC(=O)[C@@H](N)C(C)C)CC2. The zero-order valence-electron chi connectivity index (χ0n) is 25.6. The molecular formula is C30H40ClN7O5S. The molecule has 0 bridgehead atoms. The summed E-state index contributed by atoms with van der Waals surface area (Å²) >= 11 is 6.41. The summed E-state index contributed by atoms with van der Waals surface area (Å²) in [7, 11) is 0.826. The van der Waals surface area contributed by atoms with Crippen LogP contribution in [0.2, 0.25) is 5.02 Å². The number of aromatic nitrogens is 2. The van der Waals surface area contributed by atoms with Gasteiger partial charge in [-0.05, 0) is 54.2 Å². The molecule has 2 heterocycles. The van der Waals surface area contributed by atoms with Crippen molar-refractivity contribution >= 4 is 50.7 Å². The molecule has 3 aromatic rings. The van der Waals surface area contributed by atoms with Crippen LogP contribution in [0.15, 0.2) is 47.5 Å². The van der Waals surface area contributed by atoms with Gasteiger partial charge in [-0.1, -0.05) is 37.6 Å². The first kappa shape index (κ1) is 33.4. The van der Waals surface area contributed by atoms with E-state index in [2.05, 4.69) is 25.5 Å². The Bertz CT molecular complexity index is 1590. The molecule has 0 fully saturated rings. The van der Waals surface area contributed by atoms with Gasteiger partial charge in [0.2, 0.25) is 16.0 Å². The number of para-hydroxylation sites is 1. The summed E-state index contributed by atoms with van der Waals surface area (Å²) in [6.07, 6.45) is 3.04. The van der Waals surface area contributed by atoms with Gasteiger partial charge in [0.05, 0.1) is 24.7 Å². The summed E-state index contributed by atoms with van der Waals surface area (Å²) in [5.74, 6) is 0.774. The van der Waals surface area contributed by atoms with E-state index in [4.69, 9.17) is 26.8 Å². The summed E-state index contributed by atoms with van der Waals surface area (Å²) in [6.45, 7) is 6.32. The van der Waals surface area contributed by atoms with E-state index in [1.54, 1.807) is 25.3 Å². The lowest BCUT2D eigenvalue weighted by atomic mass is 10.0. The van der Waals surface area contributed by atoms with E-state index < -0.39 is 16.1 Å². The number of fused-ring (bicyclic) bond motifs is 1. The second-order valence-electron chi connectivity index (χ2n) is 11.0. The molecule has 12 nitrogen and oxygen atoms in total. The number of benzene rings is 2. The smallest absolute Gasteiger partial charge is 0.323 e. The van der Waals surface area contributed by atoms with E-state index in [-0.39, 0.29) is 33.6 Å². The number of carbonyl (C=O) groups excluding carboxylic acids is 1. The fraction of sp³-hybridized carbons (Fsp3) is 0.433. The molecule has 1 aliphatic rings. The molecule has 14 heteroatoms. The molecule has 1 aliphatic heterocycles. The third kappa shape index (κ3) is 7.96. The van der Waals surface area contributed by atoms with E-state index in [1.165, 1.54) is 31.9 Å². The maximum Gasteiger partial charge on any atom is 0.323 e. The molecule has 238 valence electrons. The highest BCUT2D eigenvalue weighted by molar-refractivity contribution is 7.89. The molecule has 0 saturated carbocycles. The van der Waals surface area contributed by atoms with E-state index in [1.807, 2.05) is 26.0 Å². The van der Waals surface area contributed by atoms with Gasteiger partial charge in [0.1, 0.15) is 28.3 Å². The van der Waals surface area contributed by atoms with E-state index in [9.17, 15) is 13.2 Å². The lowest BCUT2D eigenvalue weighted by Crippen LogP contribution is -2.38. The van der Waals surface area contributed by atoms with Crippen LogP contribution in [0, 0.1) is 5.92 Å². The first-order valence-corrected chi connectivity index (χ1v) is 16.1. The van der Waals surface area contributed by atoms with E-state index in [0.29, 0.717) is 30.3 Å². The van der Waals surface area contributed by atoms with Crippen molar-refractivity contribution in [3.05, 3.63) is 58.7 Å². The van der Waals surface area contributed by atoms with Crippen molar-refractivity contribution in [1.82, 2.24) is 19.2 Å². The molecule has 0 spiro atoms. The lowest BCUT2D eigenvalue weighted by molar-refractivity contribution is -0.146. The van der Waals surface area contributed by atoms with Gasteiger partial charge in [0.15, 0.2) is 5.82 Å². The molecule has 0 aliphatic carbocycles. The van der Waals surface area contributed by atoms with Crippen LogP contribution in [-0.2, 0) is 32.4 Å². The second-order valence-corrected chi connectivity index (χ2v) is 13.6. The van der Waals surface area contributed by atoms with Crippen molar-refractivity contribution in [2.75, 3.05) is 58.1 Å². The van der Waals surface area contributed by atoms with Crippen molar-refractivity contribution in [3.63, 3.8) is 0 Å². The fourth-order valence-electron chi connectivity index (χ4n) is 4.69. The summed E-state index contributed by atoms with van der Waals surface area (Å²) in [5.41, 5.74) is 9.23. The molecule has 1 atom stereocenters. The largest absolute Gasteiger partial charge is 0.495 e. The van der Waals surface area contributed by atoms with Crippen molar-refractivity contribution in [2.24, 2.45) is 11.7 Å². The number of halogens is 1. The third-order valence-electron chi connectivity index (χ3n) is 7.45. The van der Waals surface area contributed by atoms with Crippen LogP contribution in [0.5, 0.6) is 5.75 Å². The Hall–Kier alpha value is -3.49. The summed E-state index contributed by atoms with van der Waals surface area (Å²) in [5, 5.41) is 6.50. The Morgan fingerprint density at radius 3 is 2.45 bits per heavy atom. The minimum Gasteiger partial charge on any atom is -0.495 e. The minimum atomic E-state index is -3.72. The van der Waals surface area contributed by atoms with Gasteiger partial charge in [-0.25, -0.2) is 17.7 Å². The maximum absolute atomic E-state index is 12.9. The van der Waals surface area contributed by atoms with Crippen molar-refractivity contribution in [2.45, 2.75) is 37.6 Å². The number of esters is 1. The number of methoxy groups -OCH3 is 1. The Balaban J connectivity index is 1.48. The Morgan fingerprint density at radius 2 is 1.80 bits per heavy atom. The number of nitrogens with zero attached hydrogens (tertiary/aromatic N) is 4. The van der Waals surface area contributed by atoms with Crippen LogP contribution < -0.4 is 21.1 Å². The molecule has 0 amide bonds. The average Bonchev–Trinajstić information content (AvgIpc) is 3.19. The number of sulfonamides is 1. The third-order valence-corrected chi connectivity index (χ3v) is 9.60. The summed E-state index contributed by atoms with van der Waals surface area (Å²) in [4.78, 5) is 23.3. The van der Waals surface area contributed by atoms with Gasteiger partial charge in [-0.3, -0.25) is 9.69 Å². The number of hydrogen-bond donors (Lipinski definition) is 3. The van der Waals surface area contributed by atoms with Gasteiger partial charge < -0.3 is 25.8 Å². The number of carbonyl (C=O) groups is 1. The topological polar surface area (TPSA) is 152 Å². The number of rotatable bonds is 12. The standard InChI is InChI=1S/C30H40ClN7O5S/c1-19(2)27(32)29(39)43-15-14-38-12-10-20-16-24(25(42-5)17-21(20)11-13-38)35-30-33-18-22(31)28(36-30)34-23-8-6-7-9-26(23)44(40,41)37(3)4/h6-9,16-19,27H,10-15,32H2,1-5H3,(H2,33,34,35,36)/t27-/m0/s1. The van der Waals surface area contributed by atoms with Crippen molar-refractivity contribution in [3.8, 4) is 5.75 Å². The lowest BCUT2D eigenvalue weighted by Gasteiger charge is -2.20. The predicted molar refractivity (Wildman–Crippen MR) is 172 cm³/mol. The van der Waals surface area contributed by atoms with Gasteiger partial charge >= 0.3 is 5.97 Å². The molecule has 2 aromatic carbocycles. The highest BCUT2D eigenvalue weighted by Crippen LogP contribution is 2.34. The zero-order chi connectivity index (χ0) is 32.0. The highest BCUT2D eigenvalue weighted by Gasteiger charge is 2.23. The number of anilines is 4. The van der Waals surface area contributed by atoms with Crippen LogP contribution in [-0.4, -0.2) is 87.0 Å². The first-order valence-electron chi connectivity index (χ1n) is 14.3. The average molecular weight is 646 g/mol. The van der Waals surface area contributed by atoms with Crippen LogP contribution in [0.4, 0.5) is 23.1 Å². The maximum atomic E-state index is 12.9. The molecule has 0 radical (unpaired) electrons. The monoisotopic (exact) mass is 645 g/mol. The number of nitrogens with one attached hydrogen (secondary N) is 2. The van der Waals surface area contributed by atoms with Gasteiger partial charge in [-0.2, -0.15) is 4.98 Å². The Labute approximate surface area is 264 Å². The van der Waals surface area contributed by atoms with Crippen LogP contribution in [0.1, 0.15) is 25.0 Å². The van der Waals surface area contributed by atoms with E-state index in [0.717, 1.165) is 35.8 Å². The highest BCUT2D eigenvalue weighted by atomic mass is 35.5. The zero-order valence-corrected chi connectivity index (χ0v) is 27.2. The predicted octanol–water partition coefficient (Wildman–Crippen LogP) is 3.80. The molecular weight excluding hydrogens is 606 g/mol. The van der Waals surface area contributed by atoms with Crippen LogP contribution in [0.25, 0.3) is 0 Å². The number of ether oxygens (including phenoxy) is 2. The molecule has 1 aromatic heterocycles. The Kier molecular flexibility index (Phi) is 11.0. The molecule has 0 saturated heterocycles. The fourth-order valence-corrected chi connectivity index (χ4v) is 5.87. The van der Waals surface area contributed by atoms with Crippen molar-refractivity contribution in [1.29, 1.82) is 0 Å². The molecule has 4 rings (SSSR count).